The van der Waals surface area contributed by atoms with E-state index in [-0.39, 0.29) is 36.5 Å². The minimum absolute atomic E-state index is 0.00548. The van der Waals surface area contributed by atoms with Crippen LogP contribution in [0.2, 0.25) is 0 Å². The van der Waals surface area contributed by atoms with E-state index in [1.165, 1.54) is 6.08 Å². The van der Waals surface area contributed by atoms with Gasteiger partial charge >= 0.3 is 17.6 Å². The average Bonchev–Trinajstić information content (AvgIpc) is 2.75. The highest BCUT2D eigenvalue weighted by Crippen LogP contribution is 2.31. The lowest BCUT2D eigenvalue weighted by Gasteiger charge is -2.11. The van der Waals surface area contributed by atoms with E-state index < -0.39 is 4.92 Å². The summed E-state index contributed by atoms with van der Waals surface area (Å²) in [6.45, 7) is 0.362. The number of hydrogen-bond donors (Lipinski definition) is 0. The number of nitro groups is 1. The van der Waals surface area contributed by atoms with Gasteiger partial charge in [0.2, 0.25) is 0 Å². The predicted molar refractivity (Wildman–Crippen MR) is 113 cm³/mol. The molecule has 0 spiro atoms. The number of aromatic nitrogens is 2. The van der Waals surface area contributed by atoms with Gasteiger partial charge in [0.05, 0.1) is 4.92 Å². The molecule has 0 N–H and O–H groups in total. The molecule has 2 aromatic carbocycles. The van der Waals surface area contributed by atoms with E-state index in [0.29, 0.717) is 0 Å². The Labute approximate surface area is 174 Å². The van der Waals surface area contributed by atoms with Crippen molar-refractivity contribution in [3.8, 4) is 11.9 Å². The molecule has 1 heterocycles. The molecule has 30 heavy (non-hydrogen) atoms. The van der Waals surface area contributed by atoms with Gasteiger partial charge in [0.1, 0.15) is 13.2 Å². The molecule has 0 saturated heterocycles. The highest BCUT2D eigenvalue weighted by Gasteiger charge is 2.26. The Bertz CT molecular complexity index is 1010. The highest BCUT2D eigenvalue weighted by atomic mass is 16.6. The van der Waals surface area contributed by atoms with Crippen LogP contribution in [-0.2, 0) is 13.2 Å². The molecular weight excluding hydrogens is 384 g/mol. The summed E-state index contributed by atoms with van der Waals surface area (Å²) < 4.78 is 11.4. The molecule has 0 amide bonds. The van der Waals surface area contributed by atoms with Gasteiger partial charge in [-0.15, -0.1) is 0 Å². The van der Waals surface area contributed by atoms with Gasteiger partial charge in [0, 0.05) is 20.3 Å². The average molecular weight is 406 g/mol. The first-order chi connectivity index (χ1) is 14.5. The van der Waals surface area contributed by atoms with Crippen LogP contribution in [0.15, 0.2) is 66.9 Å². The fraction of sp³-hybridized carbons (Fsp3) is 0.182. The zero-order chi connectivity index (χ0) is 21.3. The molecule has 0 aliphatic heterocycles. The lowest BCUT2D eigenvalue weighted by molar-refractivity contribution is -0.386. The minimum atomic E-state index is -0.545. The summed E-state index contributed by atoms with van der Waals surface area (Å²) in [5.74, 6) is -0.139. The molecule has 154 valence electrons. The van der Waals surface area contributed by atoms with Gasteiger partial charge in [0.25, 0.3) is 0 Å². The van der Waals surface area contributed by atoms with Crippen molar-refractivity contribution in [3.63, 3.8) is 0 Å². The van der Waals surface area contributed by atoms with E-state index >= 15 is 0 Å². The lowest BCUT2D eigenvalue weighted by atomic mass is 10.2. The van der Waals surface area contributed by atoms with Crippen molar-refractivity contribution < 1.29 is 14.4 Å². The maximum atomic E-state index is 11.7. The Morgan fingerprint density at radius 2 is 1.50 bits per heavy atom. The standard InChI is InChI=1S/C22H22N4O4/c1-25(2)14-13-19-20(26(27)28)21(29-15-17-9-5-3-6-10-17)24-22(23-19)30-16-18-11-7-4-8-12-18/h3-14H,15-16H2,1-2H3. The van der Waals surface area contributed by atoms with E-state index in [9.17, 15) is 10.1 Å². The third-order valence-electron chi connectivity index (χ3n) is 4.00. The molecule has 8 heteroatoms. The molecule has 0 fully saturated rings. The van der Waals surface area contributed by atoms with Crippen molar-refractivity contribution in [2.75, 3.05) is 14.1 Å². The molecule has 3 rings (SSSR count). The van der Waals surface area contributed by atoms with E-state index in [2.05, 4.69) is 9.97 Å². The lowest BCUT2D eigenvalue weighted by Crippen LogP contribution is -2.08. The van der Waals surface area contributed by atoms with Crippen LogP contribution in [0.25, 0.3) is 6.08 Å². The van der Waals surface area contributed by atoms with E-state index in [1.54, 1.807) is 11.1 Å². The summed E-state index contributed by atoms with van der Waals surface area (Å²) in [5.41, 5.74) is 1.59. The van der Waals surface area contributed by atoms with Gasteiger partial charge in [-0.3, -0.25) is 10.1 Å². The Kier molecular flexibility index (Phi) is 6.94. The Balaban J connectivity index is 1.93. The van der Waals surface area contributed by atoms with Crippen LogP contribution in [0.3, 0.4) is 0 Å². The summed E-state index contributed by atoms with van der Waals surface area (Å²) in [6.07, 6.45) is 3.20. The quantitative estimate of drug-likeness (QED) is 0.391. The van der Waals surface area contributed by atoms with E-state index in [4.69, 9.17) is 9.47 Å². The summed E-state index contributed by atoms with van der Waals surface area (Å²) in [7, 11) is 3.62. The minimum Gasteiger partial charge on any atom is -0.468 e. The predicted octanol–water partition coefficient (Wildman–Crippen LogP) is 4.08. The third-order valence-corrected chi connectivity index (χ3v) is 4.00. The summed E-state index contributed by atoms with van der Waals surface area (Å²) in [6, 6.07) is 18.9. The maximum absolute atomic E-state index is 11.7. The number of nitrogens with zero attached hydrogens (tertiary/aromatic N) is 4. The molecule has 0 atom stereocenters. The SMILES string of the molecule is CN(C)C=Cc1nc(OCc2ccccc2)nc(OCc2ccccc2)c1[N+](=O)[O-]. The van der Waals surface area contributed by atoms with Gasteiger partial charge in [-0.1, -0.05) is 60.7 Å². The molecule has 3 aromatic rings. The van der Waals surface area contributed by atoms with Crippen LogP contribution in [0.1, 0.15) is 16.8 Å². The number of rotatable bonds is 9. The second-order valence-corrected chi connectivity index (χ2v) is 6.63. The number of ether oxygens (including phenoxy) is 2. The Morgan fingerprint density at radius 3 is 2.03 bits per heavy atom. The molecule has 0 bridgehead atoms. The molecule has 0 saturated carbocycles. The summed E-state index contributed by atoms with van der Waals surface area (Å²) in [5, 5.41) is 11.7. The normalized spacial score (nSPS) is 10.7. The largest absolute Gasteiger partial charge is 0.468 e. The van der Waals surface area contributed by atoms with Crippen LogP contribution < -0.4 is 9.47 Å². The second kappa shape index (κ2) is 10.0. The smallest absolute Gasteiger partial charge is 0.356 e. The van der Waals surface area contributed by atoms with Crippen LogP contribution in [0.4, 0.5) is 5.69 Å². The third kappa shape index (κ3) is 5.78. The monoisotopic (exact) mass is 406 g/mol. The van der Waals surface area contributed by atoms with Gasteiger partial charge in [-0.05, 0) is 17.2 Å². The first-order valence-corrected chi connectivity index (χ1v) is 9.27. The molecule has 0 aliphatic rings. The summed E-state index contributed by atoms with van der Waals surface area (Å²) >= 11 is 0. The van der Waals surface area contributed by atoms with Crippen LogP contribution in [-0.4, -0.2) is 33.9 Å². The molecule has 1 aromatic heterocycles. The molecule has 8 nitrogen and oxygen atoms in total. The van der Waals surface area contributed by atoms with Crippen LogP contribution >= 0.6 is 0 Å². The highest BCUT2D eigenvalue weighted by molar-refractivity contribution is 5.61. The van der Waals surface area contributed by atoms with E-state index in [1.807, 2.05) is 74.8 Å². The van der Waals surface area contributed by atoms with Crippen molar-refractivity contribution in [1.82, 2.24) is 14.9 Å². The number of hydrogen-bond acceptors (Lipinski definition) is 7. The summed E-state index contributed by atoms with van der Waals surface area (Å²) in [4.78, 5) is 21.3. The van der Waals surface area contributed by atoms with Gasteiger partial charge < -0.3 is 14.4 Å². The molecular formula is C22H22N4O4. The Morgan fingerprint density at radius 1 is 0.933 bits per heavy atom. The zero-order valence-electron chi connectivity index (χ0n) is 16.8. The first kappa shape index (κ1) is 20.8. The molecule has 0 unspecified atom stereocenters. The molecule has 0 aliphatic carbocycles. The van der Waals surface area contributed by atoms with Gasteiger partial charge in [-0.25, -0.2) is 0 Å². The Hall–Kier alpha value is -3.94. The fourth-order valence-corrected chi connectivity index (χ4v) is 2.55. The number of benzene rings is 2. The van der Waals surface area contributed by atoms with Crippen molar-refractivity contribution in [2.24, 2.45) is 0 Å². The van der Waals surface area contributed by atoms with Crippen LogP contribution in [0.5, 0.6) is 11.9 Å². The van der Waals surface area contributed by atoms with Crippen molar-refractivity contribution in [1.29, 1.82) is 0 Å². The van der Waals surface area contributed by atoms with Crippen molar-refractivity contribution in [2.45, 2.75) is 13.2 Å². The van der Waals surface area contributed by atoms with Gasteiger partial charge in [0.15, 0.2) is 5.69 Å². The fourth-order valence-electron chi connectivity index (χ4n) is 2.55. The van der Waals surface area contributed by atoms with Crippen LogP contribution in [0, 0.1) is 10.1 Å². The zero-order valence-corrected chi connectivity index (χ0v) is 16.8. The van der Waals surface area contributed by atoms with Crippen molar-refractivity contribution in [3.05, 3.63) is 93.8 Å². The topological polar surface area (TPSA) is 90.6 Å². The maximum Gasteiger partial charge on any atom is 0.356 e. The van der Waals surface area contributed by atoms with Gasteiger partial charge in [-0.2, -0.15) is 9.97 Å². The van der Waals surface area contributed by atoms with E-state index in [0.717, 1.165) is 11.1 Å². The molecule has 0 radical (unpaired) electrons. The first-order valence-electron chi connectivity index (χ1n) is 9.27. The second-order valence-electron chi connectivity index (χ2n) is 6.63. The van der Waals surface area contributed by atoms with Crippen molar-refractivity contribution >= 4 is 11.8 Å².